The Morgan fingerprint density at radius 1 is 1.23 bits per heavy atom. The summed E-state index contributed by atoms with van der Waals surface area (Å²) in [7, 11) is -2.35. The van der Waals surface area contributed by atoms with Crippen molar-refractivity contribution < 1.29 is 22.4 Å². The Morgan fingerprint density at radius 2 is 1.97 bits per heavy atom. The zero-order valence-corrected chi connectivity index (χ0v) is 18.6. The van der Waals surface area contributed by atoms with Crippen LogP contribution in [0.25, 0.3) is 0 Å². The maximum atomic E-state index is 13.1. The minimum Gasteiger partial charge on any atom is -0.495 e. The number of benzene rings is 1. The summed E-state index contributed by atoms with van der Waals surface area (Å²) in [5, 5.41) is 3.07. The number of furan rings is 1. The fraction of sp³-hybridized carbons (Fsp3) is 0.500. The van der Waals surface area contributed by atoms with Crippen molar-refractivity contribution in [3.8, 4) is 5.75 Å². The summed E-state index contributed by atoms with van der Waals surface area (Å²) < 4.78 is 39.2. The van der Waals surface area contributed by atoms with Crippen molar-refractivity contribution in [3.63, 3.8) is 0 Å². The fourth-order valence-corrected chi connectivity index (χ4v) is 5.57. The quantitative estimate of drug-likeness (QED) is 0.728. The van der Waals surface area contributed by atoms with E-state index in [0.29, 0.717) is 0 Å². The first-order valence-electron chi connectivity index (χ1n) is 10.2. The van der Waals surface area contributed by atoms with Crippen molar-refractivity contribution in [3.05, 3.63) is 46.9 Å². The van der Waals surface area contributed by atoms with E-state index in [-0.39, 0.29) is 39.6 Å². The van der Waals surface area contributed by atoms with Gasteiger partial charge in [-0.1, -0.05) is 13.8 Å². The number of fused-ring (bicyclic) bond motifs is 1. The van der Waals surface area contributed by atoms with Gasteiger partial charge in [-0.3, -0.25) is 4.79 Å². The number of sulfonamides is 1. The Kier molecular flexibility index (Phi) is 5.18. The molecule has 1 saturated carbocycles. The van der Waals surface area contributed by atoms with E-state index >= 15 is 0 Å². The topological polar surface area (TPSA) is 97.6 Å². The third kappa shape index (κ3) is 4.25. The second-order valence-electron chi connectivity index (χ2n) is 9.07. The number of methoxy groups -OCH3 is 1. The summed E-state index contributed by atoms with van der Waals surface area (Å²) in [4.78, 5) is 13.0. The molecule has 30 heavy (non-hydrogen) atoms. The maximum absolute atomic E-state index is 13.1. The number of hydrogen-bond acceptors (Lipinski definition) is 5. The summed E-state index contributed by atoms with van der Waals surface area (Å²) in [5.41, 5.74) is 1.26. The van der Waals surface area contributed by atoms with Gasteiger partial charge in [-0.2, -0.15) is 0 Å². The summed E-state index contributed by atoms with van der Waals surface area (Å²) in [5.74, 6) is 1.61. The van der Waals surface area contributed by atoms with Gasteiger partial charge in [-0.25, -0.2) is 13.1 Å². The average Bonchev–Trinajstić information content (AvgIpc) is 3.38. The van der Waals surface area contributed by atoms with E-state index in [0.717, 1.165) is 42.8 Å². The molecule has 162 valence electrons. The lowest BCUT2D eigenvalue weighted by Crippen LogP contribution is -2.36. The highest BCUT2D eigenvalue weighted by molar-refractivity contribution is 7.89. The van der Waals surface area contributed by atoms with Gasteiger partial charge in [0.05, 0.1) is 13.2 Å². The van der Waals surface area contributed by atoms with E-state index in [4.69, 9.17) is 9.15 Å². The van der Waals surface area contributed by atoms with Crippen LogP contribution >= 0.6 is 0 Å². The van der Waals surface area contributed by atoms with Crippen molar-refractivity contribution >= 4 is 15.9 Å². The summed E-state index contributed by atoms with van der Waals surface area (Å²) in [6.07, 6.45) is 3.24. The number of aryl methyl sites for hydroxylation is 1. The third-order valence-corrected chi connectivity index (χ3v) is 7.20. The van der Waals surface area contributed by atoms with E-state index < -0.39 is 10.0 Å². The number of nitrogens with one attached hydrogen (secondary N) is 2. The van der Waals surface area contributed by atoms with Crippen LogP contribution in [0.15, 0.2) is 33.6 Å². The molecule has 0 spiro atoms. The van der Waals surface area contributed by atoms with Crippen molar-refractivity contribution in [2.75, 3.05) is 7.11 Å². The highest BCUT2D eigenvalue weighted by Gasteiger charge is 2.36. The van der Waals surface area contributed by atoms with Crippen molar-refractivity contribution in [1.82, 2.24) is 10.0 Å². The largest absolute Gasteiger partial charge is 0.495 e. The second kappa shape index (κ2) is 7.42. The number of rotatable bonds is 6. The third-order valence-electron chi connectivity index (χ3n) is 5.66. The summed E-state index contributed by atoms with van der Waals surface area (Å²) >= 11 is 0. The average molecular weight is 433 g/mol. The minimum atomic E-state index is -3.76. The van der Waals surface area contributed by atoms with Crippen LogP contribution in [0.1, 0.15) is 66.6 Å². The lowest BCUT2D eigenvalue weighted by atomic mass is 9.74. The molecule has 1 aromatic heterocycles. The van der Waals surface area contributed by atoms with Crippen LogP contribution in [0.5, 0.6) is 5.75 Å². The molecule has 2 N–H and O–H groups in total. The van der Waals surface area contributed by atoms with Crippen molar-refractivity contribution in [2.24, 2.45) is 5.41 Å². The Balaban J connectivity index is 1.62. The Bertz CT molecular complexity index is 1080. The van der Waals surface area contributed by atoms with E-state index in [1.54, 1.807) is 6.07 Å². The Labute approximate surface area is 177 Å². The summed E-state index contributed by atoms with van der Waals surface area (Å²) in [6, 6.07) is 6.23. The van der Waals surface area contributed by atoms with Crippen LogP contribution in [-0.2, 0) is 16.4 Å². The highest BCUT2D eigenvalue weighted by Crippen LogP contribution is 2.42. The molecule has 1 fully saturated rings. The van der Waals surface area contributed by atoms with Gasteiger partial charge in [-0.05, 0) is 55.9 Å². The molecule has 1 heterocycles. The van der Waals surface area contributed by atoms with Gasteiger partial charge in [0.1, 0.15) is 22.2 Å². The van der Waals surface area contributed by atoms with Crippen molar-refractivity contribution in [1.29, 1.82) is 0 Å². The molecule has 7 nitrogen and oxygen atoms in total. The molecular formula is C22H28N2O5S. The SMILES string of the molecule is COc1ccc(C(=O)NC2CC(C)(C)Cc3oc(C)cc32)cc1S(=O)(=O)NC1CC1. The predicted molar refractivity (Wildman–Crippen MR) is 112 cm³/mol. The maximum Gasteiger partial charge on any atom is 0.251 e. The van der Waals surface area contributed by atoms with E-state index in [9.17, 15) is 13.2 Å². The highest BCUT2D eigenvalue weighted by atomic mass is 32.2. The number of hydrogen-bond donors (Lipinski definition) is 2. The first-order chi connectivity index (χ1) is 14.1. The molecule has 0 aliphatic heterocycles. The lowest BCUT2D eigenvalue weighted by Gasteiger charge is -2.34. The molecule has 1 aromatic carbocycles. The predicted octanol–water partition coefficient (Wildman–Crippen LogP) is 3.48. The molecule has 0 saturated heterocycles. The first kappa shape index (κ1) is 20.9. The van der Waals surface area contributed by atoms with Gasteiger partial charge in [0, 0.05) is 23.6 Å². The minimum absolute atomic E-state index is 0.0160. The molecule has 2 aliphatic rings. The number of ether oxygens (including phenoxy) is 1. The Hall–Kier alpha value is -2.32. The number of amides is 1. The molecule has 0 bridgehead atoms. The van der Waals surface area contributed by atoms with Crippen molar-refractivity contribution in [2.45, 2.75) is 63.4 Å². The molecule has 2 aromatic rings. The van der Waals surface area contributed by atoms with Gasteiger partial charge < -0.3 is 14.5 Å². The van der Waals surface area contributed by atoms with Crippen LogP contribution < -0.4 is 14.8 Å². The first-order valence-corrected chi connectivity index (χ1v) is 11.7. The zero-order chi connectivity index (χ0) is 21.7. The van der Waals surface area contributed by atoms with Crippen LogP contribution in [0.4, 0.5) is 0 Å². The normalized spacial score (nSPS) is 20.5. The smallest absolute Gasteiger partial charge is 0.251 e. The lowest BCUT2D eigenvalue weighted by molar-refractivity contribution is 0.0917. The monoisotopic (exact) mass is 432 g/mol. The number of carbonyl (C=O) groups excluding carboxylic acids is 1. The second-order valence-corrected chi connectivity index (χ2v) is 10.8. The number of carbonyl (C=O) groups is 1. The van der Waals surface area contributed by atoms with Crippen LogP contribution in [0.2, 0.25) is 0 Å². The molecule has 1 amide bonds. The molecule has 8 heteroatoms. The standard InChI is InChI=1S/C22H28N2O5S/c1-13-9-16-17(11-22(2,3)12-19(16)29-13)23-21(25)14-5-8-18(28-4)20(10-14)30(26,27)24-15-6-7-15/h5,8-10,15,17,24H,6-7,11-12H2,1-4H3,(H,23,25). The summed E-state index contributed by atoms with van der Waals surface area (Å²) in [6.45, 7) is 6.20. The molecule has 1 atom stereocenters. The van der Waals surface area contributed by atoms with Crippen LogP contribution in [0, 0.1) is 12.3 Å². The zero-order valence-electron chi connectivity index (χ0n) is 17.7. The van der Waals surface area contributed by atoms with Gasteiger partial charge in [-0.15, -0.1) is 0 Å². The molecule has 2 aliphatic carbocycles. The van der Waals surface area contributed by atoms with Crippen LogP contribution in [-0.4, -0.2) is 27.5 Å². The van der Waals surface area contributed by atoms with Crippen LogP contribution in [0.3, 0.4) is 0 Å². The van der Waals surface area contributed by atoms with E-state index in [2.05, 4.69) is 23.9 Å². The molecule has 1 unspecified atom stereocenters. The van der Waals surface area contributed by atoms with E-state index in [1.165, 1.54) is 19.2 Å². The molecular weight excluding hydrogens is 404 g/mol. The van der Waals surface area contributed by atoms with Gasteiger partial charge in [0.15, 0.2) is 0 Å². The van der Waals surface area contributed by atoms with Gasteiger partial charge in [0.25, 0.3) is 5.91 Å². The fourth-order valence-electron chi connectivity index (χ4n) is 4.07. The van der Waals surface area contributed by atoms with E-state index in [1.807, 2.05) is 13.0 Å². The molecule has 0 radical (unpaired) electrons. The Morgan fingerprint density at radius 3 is 2.63 bits per heavy atom. The van der Waals surface area contributed by atoms with Gasteiger partial charge in [0.2, 0.25) is 10.0 Å². The molecule has 4 rings (SSSR count). The van der Waals surface area contributed by atoms with Gasteiger partial charge >= 0.3 is 0 Å².